The molecule has 0 saturated carbocycles. The van der Waals surface area contributed by atoms with Crippen LogP contribution in [0.2, 0.25) is 0 Å². The fourth-order valence-electron chi connectivity index (χ4n) is 1.90. The van der Waals surface area contributed by atoms with E-state index in [9.17, 15) is 17.6 Å². The minimum atomic E-state index is -3.02. The van der Waals surface area contributed by atoms with Crippen molar-refractivity contribution in [2.75, 3.05) is 30.4 Å². The zero-order chi connectivity index (χ0) is 18.9. The molecule has 1 atom stereocenters. The molecule has 0 aromatic heterocycles. The number of benzene rings is 1. The van der Waals surface area contributed by atoms with Crippen LogP contribution in [-0.2, 0) is 14.6 Å². The van der Waals surface area contributed by atoms with Crippen molar-refractivity contribution in [3.8, 4) is 0 Å². The molecular weight excluding hydrogens is 474 g/mol. The first-order chi connectivity index (χ1) is 11.7. The topological polar surface area (TPSA) is 99.7 Å². The molecule has 1 unspecified atom stereocenters. The van der Waals surface area contributed by atoms with Gasteiger partial charge in [0.1, 0.15) is 22.2 Å². The van der Waals surface area contributed by atoms with E-state index >= 15 is 0 Å². The van der Waals surface area contributed by atoms with Crippen LogP contribution < -0.4 is 16.0 Å². The van der Waals surface area contributed by atoms with Crippen LogP contribution in [-0.4, -0.2) is 51.4 Å². The van der Waals surface area contributed by atoms with Gasteiger partial charge in [-0.2, -0.15) is 0 Å². The van der Waals surface area contributed by atoms with Crippen LogP contribution in [0.1, 0.15) is 20.3 Å². The third kappa shape index (κ3) is 11.2. The van der Waals surface area contributed by atoms with Crippen molar-refractivity contribution < 1.29 is 17.6 Å². The molecule has 0 radical (unpaired) electrons. The number of guanidine groups is 1. The van der Waals surface area contributed by atoms with E-state index in [1.54, 1.807) is 0 Å². The second kappa shape index (κ2) is 12.0. The molecule has 1 aromatic rings. The van der Waals surface area contributed by atoms with E-state index in [2.05, 4.69) is 20.9 Å². The lowest BCUT2D eigenvalue weighted by molar-refractivity contribution is -0.114. The lowest BCUT2D eigenvalue weighted by Crippen LogP contribution is -2.43. The van der Waals surface area contributed by atoms with E-state index in [4.69, 9.17) is 0 Å². The van der Waals surface area contributed by atoms with E-state index in [0.29, 0.717) is 24.6 Å². The molecule has 148 valence electrons. The number of anilines is 1. The second-order valence-electron chi connectivity index (χ2n) is 5.71. The number of hydrogen-bond acceptors (Lipinski definition) is 4. The molecule has 7 nitrogen and oxygen atoms in total. The van der Waals surface area contributed by atoms with Crippen molar-refractivity contribution in [3.63, 3.8) is 0 Å². The Bertz CT molecular complexity index is 696. The van der Waals surface area contributed by atoms with E-state index < -0.39 is 9.84 Å². The van der Waals surface area contributed by atoms with Gasteiger partial charge in [-0.1, -0.05) is 0 Å². The summed E-state index contributed by atoms with van der Waals surface area (Å²) in [5.41, 5.74) is 0.487. The van der Waals surface area contributed by atoms with E-state index in [0.717, 1.165) is 0 Å². The van der Waals surface area contributed by atoms with Gasteiger partial charge in [-0.15, -0.1) is 24.0 Å². The molecule has 0 heterocycles. The first kappa shape index (κ1) is 24.6. The molecule has 26 heavy (non-hydrogen) atoms. The van der Waals surface area contributed by atoms with Crippen molar-refractivity contribution in [2.24, 2.45) is 4.99 Å². The highest BCUT2D eigenvalue weighted by molar-refractivity contribution is 14.0. The van der Waals surface area contributed by atoms with Crippen molar-refractivity contribution in [3.05, 3.63) is 30.1 Å². The Kier molecular flexibility index (Phi) is 11.4. The predicted molar refractivity (Wildman–Crippen MR) is 113 cm³/mol. The Hall–Kier alpha value is -1.43. The van der Waals surface area contributed by atoms with Crippen molar-refractivity contribution in [2.45, 2.75) is 26.3 Å². The summed E-state index contributed by atoms with van der Waals surface area (Å²) in [5.74, 6) is -0.214. The number of nitrogens with zero attached hydrogens (tertiary/aromatic N) is 1. The van der Waals surface area contributed by atoms with Gasteiger partial charge in [0, 0.05) is 24.5 Å². The Labute approximate surface area is 171 Å². The third-order valence-electron chi connectivity index (χ3n) is 3.16. The molecule has 0 fully saturated rings. The predicted octanol–water partition coefficient (Wildman–Crippen LogP) is 1.76. The zero-order valence-corrected chi connectivity index (χ0v) is 18.2. The number of amides is 1. The average Bonchev–Trinajstić information content (AvgIpc) is 2.52. The average molecular weight is 500 g/mol. The molecule has 0 aliphatic heterocycles. The first-order valence-corrected chi connectivity index (χ1v) is 10.0. The minimum Gasteiger partial charge on any atom is -0.357 e. The fraction of sp³-hybridized carbons (Fsp3) is 0.500. The normalized spacial score (nSPS) is 12.7. The monoisotopic (exact) mass is 500 g/mol. The molecule has 0 saturated heterocycles. The number of rotatable bonds is 8. The molecule has 3 N–H and O–H groups in total. The molecule has 0 spiro atoms. The van der Waals surface area contributed by atoms with Gasteiger partial charge in [0.25, 0.3) is 0 Å². The van der Waals surface area contributed by atoms with Crippen molar-refractivity contribution >= 4 is 51.4 Å². The highest BCUT2D eigenvalue weighted by atomic mass is 127. The lowest BCUT2D eigenvalue weighted by atomic mass is 10.3. The summed E-state index contributed by atoms with van der Waals surface area (Å²) in [4.78, 5) is 16.1. The molecule has 1 aromatic carbocycles. The summed E-state index contributed by atoms with van der Waals surface area (Å²) >= 11 is 0. The zero-order valence-electron chi connectivity index (χ0n) is 15.1. The Morgan fingerprint density at radius 3 is 2.42 bits per heavy atom. The smallest absolute Gasteiger partial charge is 0.246 e. The molecular formula is C16H26FIN4O3S. The molecule has 0 aliphatic carbocycles. The van der Waals surface area contributed by atoms with Gasteiger partial charge in [0.15, 0.2) is 5.96 Å². The van der Waals surface area contributed by atoms with Crippen LogP contribution in [0.25, 0.3) is 0 Å². The van der Waals surface area contributed by atoms with Crippen LogP contribution >= 0.6 is 24.0 Å². The van der Waals surface area contributed by atoms with Crippen molar-refractivity contribution in [1.82, 2.24) is 10.6 Å². The maximum Gasteiger partial charge on any atom is 0.246 e. The van der Waals surface area contributed by atoms with Gasteiger partial charge < -0.3 is 16.0 Å². The SMILES string of the molecule is CCNC(=NCC(=O)Nc1ccc(F)cc1)NC(C)CCS(C)(=O)=O.I. The van der Waals surface area contributed by atoms with Crippen LogP contribution in [0, 0.1) is 5.82 Å². The number of nitrogens with one attached hydrogen (secondary N) is 3. The number of hydrogen-bond donors (Lipinski definition) is 3. The number of sulfone groups is 1. The second-order valence-corrected chi connectivity index (χ2v) is 7.97. The van der Waals surface area contributed by atoms with Gasteiger partial charge in [-0.05, 0) is 44.5 Å². The van der Waals surface area contributed by atoms with Gasteiger partial charge >= 0.3 is 0 Å². The Morgan fingerprint density at radius 1 is 1.27 bits per heavy atom. The van der Waals surface area contributed by atoms with Crippen molar-refractivity contribution in [1.29, 1.82) is 0 Å². The first-order valence-electron chi connectivity index (χ1n) is 7.97. The van der Waals surface area contributed by atoms with Crippen LogP contribution in [0.4, 0.5) is 10.1 Å². The van der Waals surface area contributed by atoms with Gasteiger partial charge in [-0.3, -0.25) is 4.79 Å². The molecule has 0 aliphatic rings. The van der Waals surface area contributed by atoms with Gasteiger partial charge in [-0.25, -0.2) is 17.8 Å². The number of aliphatic imine (C=N–C) groups is 1. The van der Waals surface area contributed by atoms with Gasteiger partial charge in [0.2, 0.25) is 5.91 Å². The Balaban J connectivity index is 0.00000625. The summed E-state index contributed by atoms with van der Waals surface area (Å²) in [6.07, 6.45) is 1.63. The lowest BCUT2D eigenvalue weighted by Gasteiger charge is -2.17. The number of carbonyl (C=O) groups is 1. The molecule has 10 heteroatoms. The summed E-state index contributed by atoms with van der Waals surface area (Å²) in [5, 5.41) is 8.68. The van der Waals surface area contributed by atoms with Crippen LogP contribution in [0.3, 0.4) is 0 Å². The van der Waals surface area contributed by atoms with Gasteiger partial charge in [0.05, 0.1) is 5.75 Å². The summed E-state index contributed by atoms with van der Waals surface area (Å²) in [6.45, 7) is 4.21. The summed E-state index contributed by atoms with van der Waals surface area (Å²) in [6, 6.07) is 5.33. The molecule has 1 rings (SSSR count). The van der Waals surface area contributed by atoms with E-state index in [1.165, 1.54) is 30.5 Å². The largest absolute Gasteiger partial charge is 0.357 e. The maximum absolute atomic E-state index is 12.8. The molecule has 1 amide bonds. The maximum atomic E-state index is 12.8. The van der Waals surface area contributed by atoms with Crippen LogP contribution in [0.5, 0.6) is 0 Å². The summed E-state index contributed by atoms with van der Waals surface area (Å²) in [7, 11) is -3.02. The number of halogens is 2. The van der Waals surface area contributed by atoms with E-state index in [-0.39, 0.29) is 54.0 Å². The number of carbonyl (C=O) groups excluding carboxylic acids is 1. The quantitative estimate of drug-likeness (QED) is 0.287. The standard InChI is InChI=1S/C16H25FN4O3S.HI/c1-4-18-16(20-12(2)9-10-25(3,23)24)19-11-15(22)21-14-7-5-13(17)6-8-14;/h5-8,12H,4,9-11H2,1-3H3,(H,21,22)(H2,18,19,20);1H. The van der Waals surface area contributed by atoms with E-state index in [1.807, 2.05) is 13.8 Å². The highest BCUT2D eigenvalue weighted by Crippen LogP contribution is 2.07. The minimum absolute atomic E-state index is 0. The highest BCUT2D eigenvalue weighted by Gasteiger charge is 2.10. The Morgan fingerprint density at radius 2 is 1.88 bits per heavy atom. The third-order valence-corrected chi connectivity index (χ3v) is 4.14. The fourth-order valence-corrected chi connectivity index (χ4v) is 2.68. The summed E-state index contributed by atoms with van der Waals surface area (Å²) < 4.78 is 35.2. The van der Waals surface area contributed by atoms with Crippen LogP contribution in [0.15, 0.2) is 29.3 Å². The molecule has 0 bridgehead atoms.